The zero-order valence-electron chi connectivity index (χ0n) is 14.2. The smallest absolute Gasteiger partial charge is 0.248 e. The number of benzene rings is 2. The van der Waals surface area contributed by atoms with Crippen molar-refractivity contribution in [3.63, 3.8) is 0 Å². The maximum absolute atomic E-state index is 13.1. The number of aliphatic hydroxyl groups excluding tert-OH is 1. The van der Waals surface area contributed by atoms with Gasteiger partial charge >= 0.3 is 0 Å². The molecule has 0 radical (unpaired) electrons. The third-order valence-corrected chi connectivity index (χ3v) is 3.90. The first-order valence-corrected chi connectivity index (χ1v) is 8.03. The van der Waals surface area contributed by atoms with Crippen molar-refractivity contribution >= 4 is 17.7 Å². The Hall–Kier alpha value is -3.25. The summed E-state index contributed by atoms with van der Waals surface area (Å²) >= 11 is 0. The van der Waals surface area contributed by atoms with Crippen molar-refractivity contribution in [2.75, 3.05) is 5.32 Å². The fourth-order valence-corrected chi connectivity index (χ4v) is 2.58. The van der Waals surface area contributed by atoms with Gasteiger partial charge in [-0.15, -0.1) is 0 Å². The number of aryl methyl sites for hydroxylation is 1. The summed E-state index contributed by atoms with van der Waals surface area (Å²) < 4.78 is 14.8. The number of amides is 1. The van der Waals surface area contributed by atoms with Crippen LogP contribution in [0.3, 0.4) is 0 Å². The number of aromatic nitrogens is 2. The summed E-state index contributed by atoms with van der Waals surface area (Å²) in [6.07, 6.45) is 4.74. The van der Waals surface area contributed by atoms with Crippen LogP contribution in [0.25, 0.3) is 17.3 Å². The Morgan fingerprint density at radius 3 is 2.54 bits per heavy atom. The Balaban J connectivity index is 1.75. The average Bonchev–Trinajstić information content (AvgIpc) is 3.02. The molecule has 2 N–H and O–H groups in total. The summed E-state index contributed by atoms with van der Waals surface area (Å²) in [5.41, 5.74) is 3.77. The van der Waals surface area contributed by atoms with Crippen LogP contribution in [0, 0.1) is 5.82 Å². The lowest BCUT2D eigenvalue weighted by Crippen LogP contribution is -2.07. The molecule has 0 atom stereocenters. The molecule has 5 nitrogen and oxygen atoms in total. The van der Waals surface area contributed by atoms with Gasteiger partial charge in [-0.2, -0.15) is 5.10 Å². The lowest BCUT2D eigenvalue weighted by Gasteiger charge is -2.05. The summed E-state index contributed by atoms with van der Waals surface area (Å²) in [4.78, 5) is 12.1. The molecule has 1 aromatic heterocycles. The maximum Gasteiger partial charge on any atom is 0.248 e. The molecule has 3 aromatic rings. The molecular formula is C20H18FN3O2. The monoisotopic (exact) mass is 351 g/mol. The molecule has 0 saturated carbocycles. The molecule has 1 heterocycles. The van der Waals surface area contributed by atoms with Gasteiger partial charge in [0.15, 0.2) is 0 Å². The normalized spacial score (nSPS) is 11.0. The summed E-state index contributed by atoms with van der Waals surface area (Å²) in [5.74, 6) is -0.588. The van der Waals surface area contributed by atoms with Crippen LogP contribution in [0.1, 0.15) is 11.1 Å². The minimum atomic E-state index is -0.306. The Labute approximate surface area is 150 Å². The molecule has 0 spiro atoms. The summed E-state index contributed by atoms with van der Waals surface area (Å²) in [6.45, 7) is -0.0404. The average molecular weight is 351 g/mol. The summed E-state index contributed by atoms with van der Waals surface area (Å²) in [5, 5.41) is 16.0. The Morgan fingerprint density at radius 2 is 1.88 bits per heavy atom. The van der Waals surface area contributed by atoms with E-state index >= 15 is 0 Å². The van der Waals surface area contributed by atoms with Gasteiger partial charge in [-0.3, -0.25) is 9.48 Å². The second-order valence-corrected chi connectivity index (χ2v) is 5.76. The van der Waals surface area contributed by atoms with Crippen LogP contribution < -0.4 is 5.32 Å². The van der Waals surface area contributed by atoms with Gasteiger partial charge in [0.05, 0.1) is 18.5 Å². The molecule has 2 aromatic carbocycles. The Bertz CT molecular complexity index is 929. The van der Waals surface area contributed by atoms with E-state index < -0.39 is 0 Å². The fourth-order valence-electron chi connectivity index (χ4n) is 2.58. The van der Waals surface area contributed by atoms with E-state index in [1.807, 2.05) is 0 Å². The van der Waals surface area contributed by atoms with Gasteiger partial charge in [-0.05, 0) is 48.0 Å². The molecule has 0 saturated heterocycles. The van der Waals surface area contributed by atoms with Crippen molar-refractivity contribution in [3.05, 3.63) is 77.7 Å². The van der Waals surface area contributed by atoms with Crippen LogP contribution in [0.15, 0.2) is 60.8 Å². The van der Waals surface area contributed by atoms with Crippen LogP contribution in [0.4, 0.5) is 10.1 Å². The highest BCUT2D eigenvalue weighted by Crippen LogP contribution is 2.24. The molecule has 0 aliphatic carbocycles. The van der Waals surface area contributed by atoms with Gasteiger partial charge in [0, 0.05) is 29.9 Å². The fraction of sp³-hybridized carbons (Fsp3) is 0.100. The van der Waals surface area contributed by atoms with Crippen LogP contribution >= 0.6 is 0 Å². The van der Waals surface area contributed by atoms with Gasteiger partial charge in [-0.25, -0.2) is 4.39 Å². The van der Waals surface area contributed by atoms with Gasteiger partial charge < -0.3 is 10.4 Å². The topological polar surface area (TPSA) is 67.2 Å². The number of carbonyl (C=O) groups is 1. The number of anilines is 1. The third-order valence-electron chi connectivity index (χ3n) is 3.90. The Kier molecular flexibility index (Phi) is 5.24. The Morgan fingerprint density at radius 1 is 1.19 bits per heavy atom. The molecule has 0 bridgehead atoms. The standard InChI is InChI=1S/C20H18FN3O2/c1-24-20(15-4-7-17(21)8-5-15)16(12-22-24)6-11-19(26)23-18-9-2-14(13-25)3-10-18/h2-12,25H,13H2,1H3,(H,23,26)/b11-6+. The lowest BCUT2D eigenvalue weighted by molar-refractivity contribution is -0.111. The van der Waals surface area contributed by atoms with Crippen molar-refractivity contribution in [1.82, 2.24) is 9.78 Å². The zero-order chi connectivity index (χ0) is 18.5. The van der Waals surface area contributed by atoms with Crippen LogP contribution in [0.2, 0.25) is 0 Å². The molecule has 26 heavy (non-hydrogen) atoms. The number of hydrogen-bond donors (Lipinski definition) is 2. The summed E-state index contributed by atoms with van der Waals surface area (Å²) in [7, 11) is 1.79. The minimum Gasteiger partial charge on any atom is -0.392 e. The van der Waals surface area contributed by atoms with E-state index in [2.05, 4.69) is 10.4 Å². The van der Waals surface area contributed by atoms with Gasteiger partial charge in [0.25, 0.3) is 0 Å². The number of nitrogens with zero attached hydrogens (tertiary/aromatic N) is 2. The molecule has 132 valence electrons. The molecule has 0 aliphatic heterocycles. The molecule has 0 fully saturated rings. The van der Waals surface area contributed by atoms with Crippen LogP contribution in [0.5, 0.6) is 0 Å². The highest BCUT2D eigenvalue weighted by Gasteiger charge is 2.09. The molecule has 3 rings (SSSR count). The van der Waals surface area contributed by atoms with Crippen LogP contribution in [-0.4, -0.2) is 20.8 Å². The third kappa shape index (κ3) is 4.04. The number of carbonyl (C=O) groups excluding carboxylic acids is 1. The molecular weight excluding hydrogens is 333 g/mol. The van der Waals surface area contributed by atoms with Crippen molar-refractivity contribution < 1.29 is 14.3 Å². The van der Waals surface area contributed by atoms with Gasteiger partial charge in [0.2, 0.25) is 5.91 Å². The maximum atomic E-state index is 13.1. The zero-order valence-corrected chi connectivity index (χ0v) is 14.2. The number of hydrogen-bond acceptors (Lipinski definition) is 3. The summed E-state index contributed by atoms with van der Waals surface area (Å²) in [6, 6.07) is 13.1. The quantitative estimate of drug-likeness (QED) is 0.693. The SMILES string of the molecule is Cn1ncc(/C=C/C(=O)Nc2ccc(CO)cc2)c1-c1ccc(F)cc1. The van der Waals surface area contributed by atoms with Crippen molar-refractivity contribution in [2.24, 2.45) is 7.05 Å². The predicted molar refractivity (Wildman–Crippen MR) is 98.6 cm³/mol. The van der Waals surface area contributed by atoms with E-state index in [-0.39, 0.29) is 18.3 Å². The molecule has 6 heteroatoms. The number of nitrogens with one attached hydrogen (secondary N) is 1. The number of rotatable bonds is 5. The lowest BCUT2D eigenvalue weighted by atomic mass is 10.1. The molecule has 1 amide bonds. The number of halogens is 1. The van der Waals surface area contributed by atoms with Crippen molar-refractivity contribution in [1.29, 1.82) is 0 Å². The van der Waals surface area contributed by atoms with Gasteiger partial charge in [0.1, 0.15) is 5.82 Å². The van der Waals surface area contributed by atoms with E-state index in [1.165, 1.54) is 18.2 Å². The second-order valence-electron chi connectivity index (χ2n) is 5.76. The van der Waals surface area contributed by atoms with E-state index in [0.29, 0.717) is 5.69 Å². The first kappa shape index (κ1) is 17.6. The second kappa shape index (κ2) is 7.76. The highest BCUT2D eigenvalue weighted by molar-refractivity contribution is 6.02. The van der Waals surface area contributed by atoms with E-state index in [1.54, 1.807) is 60.4 Å². The van der Waals surface area contributed by atoms with Gasteiger partial charge in [-0.1, -0.05) is 12.1 Å². The molecule has 0 aliphatic rings. The largest absolute Gasteiger partial charge is 0.392 e. The van der Waals surface area contributed by atoms with E-state index in [0.717, 1.165) is 22.4 Å². The van der Waals surface area contributed by atoms with E-state index in [4.69, 9.17) is 5.11 Å². The number of aliphatic hydroxyl groups is 1. The minimum absolute atomic E-state index is 0.0404. The van der Waals surface area contributed by atoms with Crippen molar-refractivity contribution in [2.45, 2.75) is 6.61 Å². The first-order valence-electron chi connectivity index (χ1n) is 8.03. The first-order chi connectivity index (χ1) is 12.6. The molecule has 0 unspecified atom stereocenters. The predicted octanol–water partition coefficient (Wildman–Crippen LogP) is 3.37. The van der Waals surface area contributed by atoms with Crippen molar-refractivity contribution in [3.8, 4) is 11.3 Å². The van der Waals surface area contributed by atoms with Crippen LogP contribution in [-0.2, 0) is 18.4 Å². The van der Waals surface area contributed by atoms with E-state index in [9.17, 15) is 9.18 Å². The highest BCUT2D eigenvalue weighted by atomic mass is 19.1.